The quantitative estimate of drug-likeness (QED) is 0.0297. The number of ether oxygens (including phenoxy) is 2. The highest BCUT2D eigenvalue weighted by Crippen LogP contribution is 2.15. The minimum atomic E-state index is -0.840. The highest BCUT2D eigenvalue weighted by molar-refractivity contribution is 5.70. The zero-order valence-corrected chi connectivity index (χ0v) is 31.4. The van der Waals surface area contributed by atoms with Crippen molar-refractivity contribution < 1.29 is 29.3 Å². The second kappa shape index (κ2) is 37.9. The molecule has 48 heavy (non-hydrogen) atoms. The first-order valence-electron chi connectivity index (χ1n) is 20.2. The normalized spacial score (nSPS) is 13.2. The van der Waals surface area contributed by atoms with Gasteiger partial charge in [-0.15, -0.1) is 0 Å². The molecular weight excluding hydrogens is 600 g/mol. The predicted molar refractivity (Wildman–Crippen MR) is 202 cm³/mol. The molecule has 0 radical (unpaired) electrons. The van der Waals surface area contributed by atoms with Gasteiger partial charge in [0.1, 0.15) is 6.61 Å². The molecule has 0 aliphatic heterocycles. The van der Waals surface area contributed by atoms with E-state index in [9.17, 15) is 19.8 Å². The molecule has 1 unspecified atom stereocenters. The van der Waals surface area contributed by atoms with Gasteiger partial charge >= 0.3 is 11.9 Å². The summed E-state index contributed by atoms with van der Waals surface area (Å²) in [6, 6.07) is 0. The van der Waals surface area contributed by atoms with E-state index in [-0.39, 0.29) is 25.6 Å². The minimum Gasteiger partial charge on any atom is -0.462 e. The van der Waals surface area contributed by atoms with Crippen LogP contribution >= 0.6 is 0 Å². The highest BCUT2D eigenvalue weighted by Gasteiger charge is 2.16. The monoisotopic (exact) mass is 677 g/mol. The van der Waals surface area contributed by atoms with Gasteiger partial charge in [-0.2, -0.15) is 0 Å². The molecule has 0 aliphatic rings. The Hall–Kier alpha value is -1.92. The lowest BCUT2D eigenvalue weighted by atomic mass is 10.0. The van der Waals surface area contributed by atoms with E-state index in [0.717, 1.165) is 32.1 Å². The molecule has 0 aromatic heterocycles. The third-order valence-electron chi connectivity index (χ3n) is 8.79. The molecule has 0 aromatic rings. The summed E-state index contributed by atoms with van der Waals surface area (Å²) < 4.78 is 10.5. The van der Waals surface area contributed by atoms with Crippen LogP contribution in [-0.2, 0) is 19.1 Å². The van der Waals surface area contributed by atoms with Crippen LogP contribution in [0.5, 0.6) is 0 Å². The molecule has 0 rings (SSSR count). The van der Waals surface area contributed by atoms with E-state index >= 15 is 0 Å². The number of aliphatic hydroxyl groups excluding tert-OH is 2. The van der Waals surface area contributed by atoms with Gasteiger partial charge in [-0.05, 0) is 38.5 Å². The molecule has 0 saturated carbocycles. The number of carbonyl (C=O) groups is 2. The number of esters is 2. The summed E-state index contributed by atoms with van der Waals surface area (Å²) in [5.74, 6) is -0.783. The summed E-state index contributed by atoms with van der Waals surface area (Å²) in [7, 11) is 0. The Morgan fingerprint density at radius 3 is 1.62 bits per heavy atom. The molecule has 6 nitrogen and oxygen atoms in total. The van der Waals surface area contributed by atoms with Crippen molar-refractivity contribution in [2.45, 2.75) is 206 Å². The van der Waals surface area contributed by atoms with Crippen LogP contribution in [0.15, 0.2) is 36.5 Å². The average molecular weight is 677 g/mol. The van der Waals surface area contributed by atoms with Crippen molar-refractivity contribution in [3.63, 3.8) is 0 Å². The van der Waals surface area contributed by atoms with E-state index in [1.807, 2.05) is 12.2 Å². The van der Waals surface area contributed by atoms with Gasteiger partial charge < -0.3 is 19.7 Å². The van der Waals surface area contributed by atoms with Crippen LogP contribution in [0.4, 0.5) is 0 Å². The minimum absolute atomic E-state index is 0.152. The smallest absolute Gasteiger partial charge is 0.306 e. The molecule has 0 bridgehead atoms. The SMILES string of the molecule is CCCCCCCC/C=C/C/C=C/C=C/C(O)CCCC(=O)OC[C@H](CO)OC(=O)CCCCCCCCCCCCCCCCCC. The largest absolute Gasteiger partial charge is 0.462 e. The fourth-order valence-corrected chi connectivity index (χ4v) is 5.68. The summed E-state index contributed by atoms with van der Waals surface area (Å²) in [6.07, 6.45) is 42.4. The number of unbranched alkanes of at least 4 members (excludes halogenated alkanes) is 21. The first-order chi connectivity index (χ1) is 23.5. The Morgan fingerprint density at radius 1 is 0.583 bits per heavy atom. The van der Waals surface area contributed by atoms with Crippen molar-refractivity contribution in [1.29, 1.82) is 0 Å². The Bertz CT molecular complexity index is 789. The number of aliphatic hydroxyl groups is 2. The maximum absolute atomic E-state index is 12.2. The molecule has 2 atom stereocenters. The van der Waals surface area contributed by atoms with Crippen LogP contribution < -0.4 is 0 Å². The van der Waals surface area contributed by atoms with E-state index in [1.54, 1.807) is 6.08 Å². The first-order valence-corrected chi connectivity index (χ1v) is 20.2. The van der Waals surface area contributed by atoms with Crippen LogP contribution in [-0.4, -0.2) is 47.6 Å². The Labute approximate surface area is 296 Å². The van der Waals surface area contributed by atoms with Crippen LogP contribution in [0.1, 0.15) is 194 Å². The van der Waals surface area contributed by atoms with Crippen molar-refractivity contribution in [3.8, 4) is 0 Å². The molecule has 0 aliphatic carbocycles. The van der Waals surface area contributed by atoms with Crippen LogP contribution in [0, 0.1) is 0 Å². The van der Waals surface area contributed by atoms with Gasteiger partial charge in [-0.3, -0.25) is 9.59 Å². The molecular formula is C42H76O6. The molecule has 0 heterocycles. The van der Waals surface area contributed by atoms with Gasteiger partial charge in [0.05, 0.1) is 12.7 Å². The third-order valence-corrected chi connectivity index (χ3v) is 8.79. The molecule has 0 amide bonds. The number of hydrogen-bond donors (Lipinski definition) is 2. The summed E-state index contributed by atoms with van der Waals surface area (Å²) in [5, 5.41) is 19.7. The summed E-state index contributed by atoms with van der Waals surface area (Å²) in [5.41, 5.74) is 0. The van der Waals surface area contributed by atoms with Gasteiger partial charge in [0, 0.05) is 12.8 Å². The third kappa shape index (κ3) is 35.4. The number of hydrogen-bond acceptors (Lipinski definition) is 6. The number of carbonyl (C=O) groups excluding carboxylic acids is 2. The Balaban J connectivity index is 3.72. The van der Waals surface area contributed by atoms with E-state index < -0.39 is 18.2 Å². The van der Waals surface area contributed by atoms with Crippen molar-refractivity contribution in [2.75, 3.05) is 13.2 Å². The standard InChI is InChI=1S/C42H76O6/c1-3-5-7-9-11-13-15-17-18-19-21-23-25-27-29-31-35-42(46)48-40(37-43)38-47-41(45)36-32-34-39(44)33-30-28-26-24-22-20-16-14-12-10-8-6-4-2/h20,22,26,28,30,33,39-40,43-44H,3-19,21,23-25,27,29,31-32,34-38H2,1-2H3/b22-20+,28-26+,33-30+/t39?,40-/m0/s1. The number of rotatable bonds is 36. The summed E-state index contributed by atoms with van der Waals surface area (Å²) >= 11 is 0. The lowest BCUT2D eigenvalue weighted by Gasteiger charge is -2.16. The second-order valence-electron chi connectivity index (χ2n) is 13.6. The van der Waals surface area contributed by atoms with Crippen LogP contribution in [0.25, 0.3) is 0 Å². The summed E-state index contributed by atoms with van der Waals surface area (Å²) in [4.78, 5) is 24.3. The average Bonchev–Trinajstić information content (AvgIpc) is 3.08. The van der Waals surface area contributed by atoms with Gasteiger partial charge in [-0.1, -0.05) is 179 Å². The van der Waals surface area contributed by atoms with E-state index in [1.165, 1.54) is 122 Å². The molecule has 0 aromatic carbocycles. The molecule has 6 heteroatoms. The van der Waals surface area contributed by atoms with Crippen molar-refractivity contribution in [1.82, 2.24) is 0 Å². The van der Waals surface area contributed by atoms with E-state index in [2.05, 4.69) is 32.1 Å². The summed E-state index contributed by atoms with van der Waals surface area (Å²) in [6.45, 7) is 3.97. The topological polar surface area (TPSA) is 93.1 Å². The number of allylic oxidation sites excluding steroid dienone is 5. The van der Waals surface area contributed by atoms with Gasteiger partial charge in [0.25, 0.3) is 0 Å². The first kappa shape index (κ1) is 46.1. The fraction of sp³-hybridized carbons (Fsp3) is 0.810. The molecule has 280 valence electrons. The van der Waals surface area contributed by atoms with Gasteiger partial charge in [0.15, 0.2) is 6.10 Å². The second-order valence-corrected chi connectivity index (χ2v) is 13.6. The maximum Gasteiger partial charge on any atom is 0.306 e. The van der Waals surface area contributed by atoms with Crippen molar-refractivity contribution in [3.05, 3.63) is 36.5 Å². The van der Waals surface area contributed by atoms with Crippen molar-refractivity contribution in [2.24, 2.45) is 0 Å². The molecule has 0 spiro atoms. The molecule has 0 fully saturated rings. The zero-order valence-electron chi connectivity index (χ0n) is 31.4. The maximum atomic E-state index is 12.2. The van der Waals surface area contributed by atoms with Crippen LogP contribution in [0.2, 0.25) is 0 Å². The van der Waals surface area contributed by atoms with E-state index in [0.29, 0.717) is 19.3 Å². The van der Waals surface area contributed by atoms with Gasteiger partial charge in [0.2, 0.25) is 0 Å². The fourth-order valence-electron chi connectivity index (χ4n) is 5.68. The van der Waals surface area contributed by atoms with Crippen LogP contribution in [0.3, 0.4) is 0 Å². The zero-order chi connectivity index (χ0) is 35.2. The van der Waals surface area contributed by atoms with Crippen molar-refractivity contribution >= 4 is 11.9 Å². The van der Waals surface area contributed by atoms with E-state index in [4.69, 9.17) is 9.47 Å². The highest BCUT2D eigenvalue weighted by atomic mass is 16.6. The Kier molecular flexibility index (Phi) is 36.4. The lowest BCUT2D eigenvalue weighted by Crippen LogP contribution is -2.28. The lowest BCUT2D eigenvalue weighted by molar-refractivity contribution is -0.161. The van der Waals surface area contributed by atoms with Gasteiger partial charge in [-0.25, -0.2) is 0 Å². The predicted octanol–water partition coefficient (Wildman–Crippen LogP) is 11.4. The molecule has 2 N–H and O–H groups in total. The Morgan fingerprint density at radius 2 is 1.08 bits per heavy atom. The molecule has 0 saturated heterocycles.